The molecule has 0 saturated heterocycles. The molecular formula is C14H13ClN4O3S. The quantitative estimate of drug-likeness (QED) is 0.909. The van der Waals surface area contributed by atoms with E-state index in [4.69, 9.17) is 11.6 Å². The number of hydrogen-bond acceptors (Lipinski definition) is 5. The number of amides is 1. The fourth-order valence-corrected chi connectivity index (χ4v) is 3.98. The van der Waals surface area contributed by atoms with Crippen LogP contribution in [0.1, 0.15) is 12.5 Å². The van der Waals surface area contributed by atoms with Crippen molar-refractivity contribution in [3.05, 3.63) is 41.2 Å². The number of aromatic nitrogens is 2. The van der Waals surface area contributed by atoms with E-state index in [0.29, 0.717) is 18.7 Å². The average Bonchev–Trinajstić information content (AvgIpc) is 2.89. The molecule has 3 rings (SSSR count). The normalized spacial score (nSPS) is 13.7. The van der Waals surface area contributed by atoms with Crippen molar-refractivity contribution in [2.24, 2.45) is 0 Å². The van der Waals surface area contributed by atoms with Crippen molar-refractivity contribution < 1.29 is 13.2 Å². The summed E-state index contributed by atoms with van der Waals surface area (Å²) >= 11 is 6.12. The molecule has 2 aromatic rings. The number of carbonyl (C=O) groups excluding carboxylic acids is 1. The van der Waals surface area contributed by atoms with Gasteiger partial charge in [0.05, 0.1) is 5.02 Å². The maximum Gasteiger partial charge on any atom is 0.265 e. The molecule has 7 nitrogen and oxygen atoms in total. The van der Waals surface area contributed by atoms with Crippen LogP contribution < -0.4 is 9.62 Å². The number of fused-ring (bicyclic) bond motifs is 1. The van der Waals surface area contributed by atoms with Crippen LogP contribution in [0, 0.1) is 0 Å². The van der Waals surface area contributed by atoms with Gasteiger partial charge in [0.25, 0.3) is 10.0 Å². The van der Waals surface area contributed by atoms with Gasteiger partial charge in [0.15, 0.2) is 0 Å². The lowest BCUT2D eigenvalue weighted by atomic mass is 10.2. The molecule has 1 aromatic carbocycles. The fourth-order valence-electron chi connectivity index (χ4n) is 2.45. The van der Waals surface area contributed by atoms with Crippen LogP contribution in [-0.4, -0.2) is 30.8 Å². The summed E-state index contributed by atoms with van der Waals surface area (Å²) in [4.78, 5) is 20.7. The number of benzene rings is 1. The number of sulfonamides is 1. The Morgan fingerprint density at radius 2 is 2.00 bits per heavy atom. The maximum atomic E-state index is 12.5. The van der Waals surface area contributed by atoms with E-state index in [0.717, 1.165) is 5.56 Å². The van der Waals surface area contributed by atoms with Crippen molar-refractivity contribution in [1.29, 1.82) is 0 Å². The second-order valence-corrected chi connectivity index (χ2v) is 7.07. The Morgan fingerprint density at radius 1 is 1.30 bits per heavy atom. The lowest BCUT2D eigenvalue weighted by Crippen LogP contribution is -2.26. The fraction of sp³-hybridized carbons (Fsp3) is 0.214. The molecule has 0 bridgehead atoms. The summed E-state index contributed by atoms with van der Waals surface area (Å²) in [5.41, 5.74) is 1.41. The number of hydrogen-bond donors (Lipinski definition) is 1. The lowest BCUT2D eigenvalue weighted by molar-refractivity contribution is -0.116. The van der Waals surface area contributed by atoms with Crippen molar-refractivity contribution in [3.63, 3.8) is 0 Å². The summed E-state index contributed by atoms with van der Waals surface area (Å²) in [5.74, 6) is -0.193. The monoisotopic (exact) mass is 352 g/mol. The minimum absolute atomic E-state index is 0.0486. The van der Waals surface area contributed by atoms with Gasteiger partial charge in [-0.15, -0.1) is 0 Å². The van der Waals surface area contributed by atoms with Crippen molar-refractivity contribution in [2.45, 2.75) is 18.2 Å². The molecular weight excluding hydrogens is 340 g/mol. The van der Waals surface area contributed by atoms with Gasteiger partial charge in [-0.1, -0.05) is 11.6 Å². The van der Waals surface area contributed by atoms with E-state index in [1.54, 1.807) is 12.1 Å². The topological polar surface area (TPSA) is 92.3 Å². The van der Waals surface area contributed by atoms with Gasteiger partial charge in [-0.2, -0.15) is 0 Å². The zero-order valence-corrected chi connectivity index (χ0v) is 13.7. The zero-order chi connectivity index (χ0) is 16.6. The number of anilines is 2. The molecule has 1 amide bonds. The summed E-state index contributed by atoms with van der Waals surface area (Å²) in [6, 6.07) is 4.57. The summed E-state index contributed by atoms with van der Waals surface area (Å²) in [6.45, 7) is 1.95. The molecule has 2 heterocycles. The molecule has 120 valence electrons. The number of nitrogens with one attached hydrogen (secondary N) is 1. The zero-order valence-electron chi connectivity index (χ0n) is 12.2. The molecule has 0 aliphatic carbocycles. The molecule has 9 heteroatoms. The Kier molecular flexibility index (Phi) is 3.95. The van der Waals surface area contributed by atoms with E-state index < -0.39 is 10.0 Å². The Balaban J connectivity index is 2.03. The van der Waals surface area contributed by atoms with Crippen molar-refractivity contribution in [2.75, 3.05) is 16.2 Å². The lowest BCUT2D eigenvalue weighted by Gasteiger charge is -2.16. The summed E-state index contributed by atoms with van der Waals surface area (Å²) in [7, 11) is -3.96. The molecule has 0 unspecified atom stereocenters. The van der Waals surface area contributed by atoms with Crippen LogP contribution in [0.4, 0.5) is 11.6 Å². The van der Waals surface area contributed by atoms with Crippen LogP contribution in [0.5, 0.6) is 0 Å². The minimum Gasteiger partial charge on any atom is -0.312 e. The first-order chi connectivity index (χ1) is 10.9. The van der Waals surface area contributed by atoms with Gasteiger partial charge in [0.1, 0.15) is 4.90 Å². The van der Waals surface area contributed by atoms with E-state index >= 15 is 0 Å². The maximum absolute atomic E-state index is 12.5. The molecule has 0 spiro atoms. The number of carbonyl (C=O) groups is 1. The van der Waals surface area contributed by atoms with Gasteiger partial charge in [0, 0.05) is 31.5 Å². The van der Waals surface area contributed by atoms with Crippen LogP contribution in [0.2, 0.25) is 5.02 Å². The molecule has 1 N–H and O–H groups in total. The van der Waals surface area contributed by atoms with Crippen molar-refractivity contribution >= 4 is 39.2 Å². The molecule has 0 radical (unpaired) electrons. The Morgan fingerprint density at radius 3 is 2.65 bits per heavy atom. The Labute approximate surface area is 138 Å². The van der Waals surface area contributed by atoms with Gasteiger partial charge in [-0.25, -0.2) is 23.1 Å². The highest BCUT2D eigenvalue weighted by molar-refractivity contribution is 7.92. The first kappa shape index (κ1) is 15.7. The highest BCUT2D eigenvalue weighted by Gasteiger charge is 2.28. The second-order valence-electron chi connectivity index (χ2n) is 5.01. The van der Waals surface area contributed by atoms with E-state index in [9.17, 15) is 13.2 Å². The Bertz CT molecular complexity index is 871. The molecule has 0 fully saturated rings. The molecule has 0 atom stereocenters. The van der Waals surface area contributed by atoms with Crippen molar-refractivity contribution in [3.8, 4) is 0 Å². The minimum atomic E-state index is -3.96. The van der Waals surface area contributed by atoms with E-state index in [1.807, 2.05) is 0 Å². The largest absolute Gasteiger partial charge is 0.312 e. The predicted octanol–water partition coefficient (Wildman–Crippen LogP) is 1.84. The van der Waals surface area contributed by atoms with E-state index in [-0.39, 0.29) is 21.8 Å². The third-order valence-corrected chi connectivity index (χ3v) is 5.28. The first-order valence-electron chi connectivity index (χ1n) is 6.79. The molecule has 23 heavy (non-hydrogen) atoms. The summed E-state index contributed by atoms with van der Waals surface area (Å²) in [6.07, 6.45) is 3.49. The molecule has 1 aromatic heterocycles. The van der Waals surface area contributed by atoms with Crippen LogP contribution in [0.3, 0.4) is 0 Å². The van der Waals surface area contributed by atoms with Gasteiger partial charge in [-0.3, -0.25) is 4.79 Å². The number of halogens is 1. The highest BCUT2D eigenvalue weighted by atomic mass is 35.5. The van der Waals surface area contributed by atoms with Crippen LogP contribution in [0.15, 0.2) is 35.5 Å². The third-order valence-electron chi connectivity index (χ3n) is 3.49. The standard InChI is InChI=1S/C14H13ClN4O3S/c1-9(20)19-6-3-10-7-11(15)13(8-12(10)19)23(21,22)18-14-16-4-2-5-17-14/h2,4-5,7-8H,3,6H2,1H3,(H,16,17,18). The van der Waals surface area contributed by atoms with E-state index in [2.05, 4.69) is 14.7 Å². The van der Waals surface area contributed by atoms with Gasteiger partial charge in [0.2, 0.25) is 11.9 Å². The highest BCUT2D eigenvalue weighted by Crippen LogP contribution is 2.35. The van der Waals surface area contributed by atoms with Crippen LogP contribution in [0.25, 0.3) is 0 Å². The molecule has 1 aliphatic rings. The van der Waals surface area contributed by atoms with Crippen molar-refractivity contribution in [1.82, 2.24) is 9.97 Å². The van der Waals surface area contributed by atoms with Gasteiger partial charge in [-0.05, 0) is 30.2 Å². The summed E-state index contributed by atoms with van der Waals surface area (Å²) < 4.78 is 27.3. The third kappa shape index (κ3) is 2.99. The molecule has 1 aliphatic heterocycles. The van der Waals surface area contributed by atoms with Gasteiger partial charge < -0.3 is 4.90 Å². The van der Waals surface area contributed by atoms with Gasteiger partial charge >= 0.3 is 0 Å². The molecule has 0 saturated carbocycles. The van der Waals surface area contributed by atoms with Crippen LogP contribution >= 0.6 is 11.6 Å². The average molecular weight is 353 g/mol. The summed E-state index contributed by atoms with van der Waals surface area (Å²) in [5, 5.41) is 0.0950. The second kappa shape index (κ2) is 5.78. The van der Waals surface area contributed by atoms with Crippen LogP contribution in [-0.2, 0) is 21.2 Å². The number of rotatable bonds is 3. The SMILES string of the molecule is CC(=O)N1CCc2cc(Cl)c(S(=O)(=O)Nc3ncccn3)cc21. The smallest absolute Gasteiger partial charge is 0.265 e. The van der Waals surface area contributed by atoms with E-state index in [1.165, 1.54) is 30.3 Å². The Hall–Kier alpha value is -2.19. The predicted molar refractivity (Wildman–Crippen MR) is 86.0 cm³/mol. The number of nitrogens with zero attached hydrogens (tertiary/aromatic N) is 3. The first-order valence-corrected chi connectivity index (χ1v) is 8.65.